The molecule has 0 aromatic heterocycles. The second kappa shape index (κ2) is 5.76. The summed E-state index contributed by atoms with van der Waals surface area (Å²) in [5.74, 6) is 1.85. The maximum atomic E-state index is 12.6. The third-order valence-electron chi connectivity index (χ3n) is 4.53. The van der Waals surface area contributed by atoms with E-state index in [-0.39, 0.29) is 12.7 Å². The van der Waals surface area contributed by atoms with Crippen LogP contribution in [0.3, 0.4) is 0 Å². The highest BCUT2D eigenvalue weighted by Crippen LogP contribution is 2.40. The van der Waals surface area contributed by atoms with E-state index in [0.717, 1.165) is 18.8 Å². The van der Waals surface area contributed by atoms with Crippen molar-refractivity contribution in [1.29, 1.82) is 0 Å². The van der Waals surface area contributed by atoms with Crippen molar-refractivity contribution < 1.29 is 14.3 Å². The van der Waals surface area contributed by atoms with Crippen molar-refractivity contribution in [3.63, 3.8) is 0 Å². The lowest BCUT2D eigenvalue weighted by Crippen LogP contribution is -2.39. The van der Waals surface area contributed by atoms with Crippen LogP contribution in [0.4, 0.5) is 0 Å². The minimum absolute atomic E-state index is 0.00486. The lowest BCUT2D eigenvalue weighted by atomic mass is 9.86. The van der Waals surface area contributed by atoms with Crippen LogP contribution in [0, 0.1) is 5.92 Å². The number of hydrogen-bond donors (Lipinski definition) is 0. The molecule has 0 atom stereocenters. The Balaban J connectivity index is 1.77. The molecule has 1 saturated carbocycles. The van der Waals surface area contributed by atoms with Gasteiger partial charge < -0.3 is 14.4 Å². The minimum atomic E-state index is -0.00486. The van der Waals surface area contributed by atoms with Gasteiger partial charge in [-0.3, -0.25) is 4.79 Å². The van der Waals surface area contributed by atoms with Gasteiger partial charge in [-0.25, -0.2) is 0 Å². The van der Waals surface area contributed by atoms with Crippen LogP contribution in [0.5, 0.6) is 11.5 Å². The average molecular weight is 310 g/mol. The van der Waals surface area contributed by atoms with Crippen molar-refractivity contribution in [2.75, 3.05) is 13.8 Å². The summed E-state index contributed by atoms with van der Waals surface area (Å²) in [6.07, 6.45) is 4.51. The van der Waals surface area contributed by atoms with Crippen molar-refractivity contribution >= 4 is 17.5 Å². The summed E-state index contributed by atoms with van der Waals surface area (Å²) >= 11 is 6.15. The highest BCUT2D eigenvalue weighted by atomic mass is 35.5. The molecule has 1 aromatic rings. The predicted octanol–water partition coefficient (Wildman–Crippen LogP) is 3.72. The molecule has 2 aliphatic rings. The maximum absolute atomic E-state index is 12.6. The van der Waals surface area contributed by atoms with Crippen molar-refractivity contribution in [3.05, 3.63) is 22.7 Å². The van der Waals surface area contributed by atoms with Gasteiger partial charge in [0.1, 0.15) is 0 Å². The van der Waals surface area contributed by atoms with Crippen LogP contribution in [0.25, 0.3) is 0 Å². The molecule has 0 N–H and O–H groups in total. The van der Waals surface area contributed by atoms with Gasteiger partial charge in [-0.15, -0.1) is 0 Å². The lowest BCUT2D eigenvalue weighted by Gasteiger charge is -2.33. The predicted molar refractivity (Wildman–Crippen MR) is 81.1 cm³/mol. The van der Waals surface area contributed by atoms with Crippen molar-refractivity contribution in [2.45, 2.75) is 38.6 Å². The molecule has 1 aliphatic heterocycles. The molecule has 0 unspecified atom stereocenters. The van der Waals surface area contributed by atoms with Gasteiger partial charge in [0, 0.05) is 18.7 Å². The molecule has 114 valence electrons. The molecule has 4 nitrogen and oxygen atoms in total. The fourth-order valence-electron chi connectivity index (χ4n) is 3.09. The fourth-order valence-corrected chi connectivity index (χ4v) is 3.36. The van der Waals surface area contributed by atoms with E-state index in [4.69, 9.17) is 21.1 Å². The van der Waals surface area contributed by atoms with Crippen LogP contribution < -0.4 is 9.47 Å². The second-order valence-corrected chi connectivity index (χ2v) is 6.43. The zero-order valence-electron chi connectivity index (χ0n) is 12.4. The molecule has 1 fully saturated rings. The molecule has 3 rings (SSSR count). The van der Waals surface area contributed by atoms with Crippen molar-refractivity contribution in [1.82, 2.24) is 4.90 Å². The molecule has 5 heteroatoms. The number of rotatable bonds is 2. The first-order chi connectivity index (χ1) is 10.1. The molecule has 1 aromatic carbocycles. The van der Waals surface area contributed by atoms with Gasteiger partial charge in [-0.2, -0.15) is 0 Å². The van der Waals surface area contributed by atoms with E-state index in [1.54, 1.807) is 12.1 Å². The normalized spacial score (nSPS) is 24.0. The van der Waals surface area contributed by atoms with Crippen molar-refractivity contribution in [3.8, 4) is 11.5 Å². The molecule has 1 amide bonds. The first kappa shape index (κ1) is 14.5. The number of nitrogens with zero attached hydrogens (tertiary/aromatic N) is 1. The maximum Gasteiger partial charge on any atom is 0.254 e. The van der Waals surface area contributed by atoms with E-state index < -0.39 is 0 Å². The quantitative estimate of drug-likeness (QED) is 0.835. The van der Waals surface area contributed by atoms with Gasteiger partial charge >= 0.3 is 0 Å². The Labute approximate surface area is 130 Å². The Kier molecular flexibility index (Phi) is 3.98. The number of ether oxygens (including phenoxy) is 2. The summed E-state index contributed by atoms with van der Waals surface area (Å²) in [6, 6.07) is 3.70. The third kappa shape index (κ3) is 2.82. The van der Waals surface area contributed by atoms with Crippen LogP contribution in [-0.2, 0) is 0 Å². The molecule has 0 bridgehead atoms. The Morgan fingerprint density at radius 3 is 2.67 bits per heavy atom. The van der Waals surface area contributed by atoms with E-state index in [1.165, 1.54) is 12.8 Å². The smallest absolute Gasteiger partial charge is 0.254 e. The van der Waals surface area contributed by atoms with Crippen LogP contribution in [0.15, 0.2) is 12.1 Å². The summed E-state index contributed by atoms with van der Waals surface area (Å²) in [6.45, 7) is 2.43. The van der Waals surface area contributed by atoms with Gasteiger partial charge in [0.15, 0.2) is 11.5 Å². The monoisotopic (exact) mass is 309 g/mol. The number of carbonyl (C=O) groups is 1. The van der Waals surface area contributed by atoms with E-state index in [9.17, 15) is 4.79 Å². The highest BCUT2D eigenvalue weighted by molar-refractivity contribution is 6.32. The zero-order chi connectivity index (χ0) is 15.0. The fraction of sp³-hybridized carbons (Fsp3) is 0.562. The first-order valence-corrected chi connectivity index (χ1v) is 7.80. The highest BCUT2D eigenvalue weighted by Gasteiger charge is 2.27. The van der Waals surface area contributed by atoms with Gasteiger partial charge in [-0.05, 0) is 43.7 Å². The molecular formula is C16H20ClNO3. The lowest BCUT2D eigenvalue weighted by molar-refractivity contribution is 0.0679. The van der Waals surface area contributed by atoms with Crippen LogP contribution in [0.2, 0.25) is 5.02 Å². The molecule has 21 heavy (non-hydrogen) atoms. The van der Waals surface area contributed by atoms with E-state index in [1.807, 2.05) is 11.9 Å². The van der Waals surface area contributed by atoms with Gasteiger partial charge in [0.25, 0.3) is 5.91 Å². The van der Waals surface area contributed by atoms with E-state index in [2.05, 4.69) is 6.92 Å². The van der Waals surface area contributed by atoms with Gasteiger partial charge in [0.2, 0.25) is 6.79 Å². The molecule has 1 heterocycles. The first-order valence-electron chi connectivity index (χ1n) is 7.42. The number of benzene rings is 1. The topological polar surface area (TPSA) is 38.8 Å². The number of fused-ring (bicyclic) bond motifs is 1. The number of hydrogen-bond acceptors (Lipinski definition) is 3. The SMILES string of the molecule is CC1CCC(N(C)C(=O)c2cc(Cl)c3c(c2)OCO3)CC1. The van der Waals surface area contributed by atoms with Crippen LogP contribution in [-0.4, -0.2) is 30.7 Å². The number of amides is 1. The zero-order valence-corrected chi connectivity index (χ0v) is 13.2. The van der Waals surface area contributed by atoms with Crippen molar-refractivity contribution in [2.24, 2.45) is 5.92 Å². The Hall–Kier alpha value is -1.42. The molecule has 0 saturated heterocycles. The minimum Gasteiger partial charge on any atom is -0.454 e. The number of halogens is 1. The summed E-state index contributed by atoms with van der Waals surface area (Å²) < 4.78 is 10.6. The average Bonchev–Trinajstić information content (AvgIpc) is 2.95. The Bertz CT molecular complexity index is 553. The van der Waals surface area contributed by atoms with E-state index >= 15 is 0 Å². The molecule has 0 radical (unpaired) electrons. The summed E-state index contributed by atoms with van der Waals surface area (Å²) in [4.78, 5) is 14.5. The molecule has 1 aliphatic carbocycles. The Morgan fingerprint density at radius 1 is 1.24 bits per heavy atom. The van der Waals surface area contributed by atoms with E-state index in [0.29, 0.717) is 28.1 Å². The van der Waals surface area contributed by atoms with Crippen LogP contribution in [0.1, 0.15) is 43.0 Å². The summed E-state index contributed by atoms with van der Waals surface area (Å²) in [5, 5.41) is 0.430. The van der Waals surface area contributed by atoms with Gasteiger partial charge in [0.05, 0.1) is 5.02 Å². The van der Waals surface area contributed by atoms with Gasteiger partial charge in [-0.1, -0.05) is 18.5 Å². The summed E-state index contributed by atoms with van der Waals surface area (Å²) in [7, 11) is 1.88. The Morgan fingerprint density at radius 2 is 1.95 bits per heavy atom. The standard InChI is InChI=1S/C16H20ClNO3/c1-10-3-5-12(6-4-10)18(2)16(19)11-7-13(17)15-14(8-11)20-9-21-15/h7-8,10,12H,3-6,9H2,1-2H3. The number of carbonyl (C=O) groups excluding carboxylic acids is 1. The van der Waals surface area contributed by atoms with Crippen LogP contribution >= 0.6 is 11.6 Å². The summed E-state index contributed by atoms with van der Waals surface area (Å²) in [5.41, 5.74) is 0.561. The molecular weight excluding hydrogens is 290 g/mol. The third-order valence-corrected chi connectivity index (χ3v) is 4.81. The second-order valence-electron chi connectivity index (χ2n) is 6.02. The largest absolute Gasteiger partial charge is 0.454 e. The molecule has 0 spiro atoms.